The fourth-order valence-corrected chi connectivity index (χ4v) is 8.28. The van der Waals surface area contributed by atoms with E-state index in [4.69, 9.17) is 25.5 Å². The number of benzene rings is 6. The Hall–Kier alpha value is -7.00. The van der Waals surface area contributed by atoms with Crippen LogP contribution in [0.4, 0.5) is 5.69 Å². The number of H-pyrrole nitrogens is 1. The van der Waals surface area contributed by atoms with Gasteiger partial charge in [-0.15, -0.1) is 15.0 Å². The highest BCUT2D eigenvalue weighted by molar-refractivity contribution is 6.13. The smallest absolute Gasteiger partial charge is 0.248 e. The highest BCUT2D eigenvalue weighted by Crippen LogP contribution is 2.43. The average Bonchev–Trinajstić information content (AvgIpc) is 3.92. The lowest BCUT2D eigenvalue weighted by atomic mass is 9.77. The third-order valence-electron chi connectivity index (χ3n) is 11.1. The van der Waals surface area contributed by atoms with Crippen molar-refractivity contribution in [3.05, 3.63) is 186 Å². The molecule has 1 N–H and O–H groups in total. The van der Waals surface area contributed by atoms with Gasteiger partial charge >= 0.3 is 0 Å². The second-order valence-electron chi connectivity index (χ2n) is 15.5. The first kappa shape index (κ1) is 36.6. The van der Waals surface area contributed by atoms with Gasteiger partial charge in [0.15, 0.2) is 5.54 Å². The van der Waals surface area contributed by atoms with Gasteiger partial charge < -0.3 is 4.98 Å². The molecular formula is C49H44N8O. The standard InChI is InChI=1S/C49H44N8O/c1-4-5-29-44-50-41-31-30-34(32-42(41)51-44)46-48(2,3)33-45(58)56(53-46)43-28-18-17-26-39(43)38-25-15-16-27-40(38)47-52-55-57(54-47)49(35-19-9-6-10-20-35,36-21-11-7-12-22-36)37-23-13-8-14-24-37/h6-28,30-32H,4-5,29,33H2,1-3H3,(H,50,51). The van der Waals surface area contributed by atoms with Gasteiger partial charge in [-0.3, -0.25) is 4.79 Å². The van der Waals surface area contributed by atoms with Crippen LogP contribution in [0.3, 0.4) is 0 Å². The number of carbonyl (C=O) groups is 1. The summed E-state index contributed by atoms with van der Waals surface area (Å²) in [6.45, 7) is 6.35. The maximum absolute atomic E-state index is 14.1. The van der Waals surface area contributed by atoms with E-state index >= 15 is 0 Å². The van der Waals surface area contributed by atoms with Gasteiger partial charge in [-0.1, -0.05) is 167 Å². The summed E-state index contributed by atoms with van der Waals surface area (Å²) in [7, 11) is 0. The number of aromatic nitrogens is 6. The lowest BCUT2D eigenvalue weighted by Gasteiger charge is -2.35. The van der Waals surface area contributed by atoms with Gasteiger partial charge in [0.05, 0.1) is 22.4 Å². The molecule has 3 heterocycles. The van der Waals surface area contributed by atoms with Gasteiger partial charge in [-0.2, -0.15) is 10.1 Å². The number of unbranched alkanes of at least 4 members (excludes halogenated alkanes) is 1. The minimum absolute atomic E-state index is 0.0782. The first-order valence-electron chi connectivity index (χ1n) is 19.9. The Morgan fingerprint density at radius 2 is 1.29 bits per heavy atom. The first-order valence-corrected chi connectivity index (χ1v) is 19.9. The van der Waals surface area contributed by atoms with Crippen molar-refractivity contribution in [1.82, 2.24) is 30.2 Å². The molecule has 0 saturated heterocycles. The van der Waals surface area contributed by atoms with Crippen molar-refractivity contribution in [2.45, 2.75) is 52.0 Å². The number of hydrazone groups is 1. The molecule has 0 aliphatic carbocycles. The van der Waals surface area contributed by atoms with Crippen LogP contribution < -0.4 is 5.01 Å². The maximum Gasteiger partial charge on any atom is 0.248 e. The summed E-state index contributed by atoms with van der Waals surface area (Å²) < 4.78 is 0. The molecule has 0 spiro atoms. The number of para-hydroxylation sites is 1. The average molecular weight is 761 g/mol. The fraction of sp³-hybridized carbons (Fsp3) is 0.184. The molecule has 8 aromatic rings. The van der Waals surface area contributed by atoms with E-state index < -0.39 is 11.0 Å². The van der Waals surface area contributed by atoms with Crippen molar-refractivity contribution >= 4 is 28.3 Å². The molecule has 9 nitrogen and oxygen atoms in total. The molecule has 0 fully saturated rings. The Bertz CT molecular complexity index is 2660. The predicted molar refractivity (Wildman–Crippen MR) is 230 cm³/mol. The first-order chi connectivity index (χ1) is 28.4. The summed E-state index contributed by atoms with van der Waals surface area (Å²) >= 11 is 0. The number of anilines is 1. The minimum atomic E-state index is -0.920. The fourth-order valence-electron chi connectivity index (χ4n) is 8.28. The quantitative estimate of drug-likeness (QED) is 0.132. The van der Waals surface area contributed by atoms with E-state index in [9.17, 15) is 4.79 Å². The lowest BCUT2D eigenvalue weighted by Crippen LogP contribution is -2.42. The maximum atomic E-state index is 14.1. The molecule has 9 heteroatoms. The number of aryl methyl sites for hydroxylation is 1. The Morgan fingerprint density at radius 3 is 1.93 bits per heavy atom. The molecule has 1 aliphatic heterocycles. The van der Waals surface area contributed by atoms with Crippen LogP contribution >= 0.6 is 0 Å². The number of nitrogens with zero attached hydrogens (tertiary/aromatic N) is 7. The molecule has 0 atom stereocenters. The van der Waals surface area contributed by atoms with E-state index in [1.54, 1.807) is 9.81 Å². The number of amides is 1. The SMILES string of the molecule is CCCCc1nc2ccc(C3=NN(c4ccccc4-c4ccccc4-c4nnn(C(c5ccccc5)(c5ccccc5)c5ccccc5)n4)C(=O)CC3(C)C)cc2[nH]1. The molecule has 0 bridgehead atoms. The molecular weight excluding hydrogens is 717 g/mol. The number of nitrogens with one attached hydrogen (secondary N) is 1. The van der Waals surface area contributed by atoms with Crippen LogP contribution in [-0.4, -0.2) is 41.8 Å². The minimum Gasteiger partial charge on any atom is -0.342 e. The zero-order valence-electron chi connectivity index (χ0n) is 32.9. The number of hydrogen-bond acceptors (Lipinski definition) is 6. The summed E-state index contributed by atoms with van der Waals surface area (Å²) in [4.78, 5) is 24.2. The number of rotatable bonds is 11. The Labute approximate surface area is 338 Å². The van der Waals surface area contributed by atoms with E-state index in [2.05, 4.69) is 74.3 Å². The van der Waals surface area contributed by atoms with Gasteiger partial charge in [0, 0.05) is 34.9 Å². The van der Waals surface area contributed by atoms with Crippen molar-refractivity contribution in [3.8, 4) is 22.5 Å². The number of tetrazole rings is 1. The zero-order chi connectivity index (χ0) is 39.7. The second-order valence-corrected chi connectivity index (χ2v) is 15.5. The van der Waals surface area contributed by atoms with Crippen molar-refractivity contribution < 1.29 is 4.79 Å². The summed E-state index contributed by atoms with van der Waals surface area (Å²) in [6, 6.07) is 53.1. The van der Waals surface area contributed by atoms with Gasteiger partial charge in [-0.05, 0) is 52.1 Å². The largest absolute Gasteiger partial charge is 0.342 e. The number of imidazole rings is 1. The Kier molecular flexibility index (Phi) is 9.57. The molecule has 0 unspecified atom stereocenters. The highest BCUT2D eigenvalue weighted by atomic mass is 16.2. The van der Waals surface area contributed by atoms with Gasteiger partial charge in [0.25, 0.3) is 0 Å². The second kappa shape index (κ2) is 15.2. The van der Waals surface area contributed by atoms with Crippen LogP contribution in [-0.2, 0) is 16.8 Å². The Morgan fingerprint density at radius 1 is 0.707 bits per heavy atom. The number of hydrogen-bond donors (Lipinski definition) is 1. The predicted octanol–water partition coefficient (Wildman–Crippen LogP) is 10.2. The van der Waals surface area contributed by atoms with Gasteiger partial charge in [-0.25, -0.2) is 4.98 Å². The molecule has 2 aromatic heterocycles. The van der Waals surface area contributed by atoms with E-state index in [1.165, 1.54) is 0 Å². The van der Waals surface area contributed by atoms with E-state index in [1.807, 2.05) is 109 Å². The van der Waals surface area contributed by atoms with Gasteiger partial charge in [0.1, 0.15) is 5.82 Å². The highest BCUT2D eigenvalue weighted by Gasteiger charge is 2.42. The van der Waals surface area contributed by atoms with Crippen LogP contribution in [0.2, 0.25) is 0 Å². The molecule has 0 radical (unpaired) electrons. The number of fused-ring (bicyclic) bond motifs is 1. The van der Waals surface area contributed by atoms with Crippen molar-refractivity contribution in [1.29, 1.82) is 0 Å². The van der Waals surface area contributed by atoms with Crippen molar-refractivity contribution in [2.24, 2.45) is 10.5 Å². The van der Waals surface area contributed by atoms with E-state index in [-0.39, 0.29) is 5.91 Å². The van der Waals surface area contributed by atoms with Crippen LogP contribution in [0.15, 0.2) is 163 Å². The zero-order valence-corrected chi connectivity index (χ0v) is 32.9. The molecule has 1 amide bonds. The summed E-state index contributed by atoms with van der Waals surface area (Å²) in [5.74, 6) is 1.37. The molecule has 6 aromatic carbocycles. The third-order valence-corrected chi connectivity index (χ3v) is 11.1. The summed E-state index contributed by atoms with van der Waals surface area (Å²) in [5, 5.41) is 21.5. The number of carbonyl (C=O) groups excluding carboxylic acids is 1. The van der Waals surface area contributed by atoms with Crippen LogP contribution in [0.1, 0.15) is 68.1 Å². The third kappa shape index (κ3) is 6.48. The van der Waals surface area contributed by atoms with Crippen LogP contribution in [0.25, 0.3) is 33.5 Å². The van der Waals surface area contributed by atoms with E-state index in [0.717, 1.165) is 80.8 Å². The molecule has 286 valence electrons. The van der Waals surface area contributed by atoms with Crippen molar-refractivity contribution in [3.63, 3.8) is 0 Å². The van der Waals surface area contributed by atoms with Gasteiger partial charge in [0.2, 0.25) is 11.7 Å². The summed E-state index contributed by atoms with van der Waals surface area (Å²) in [5.41, 5.74) is 8.42. The topological polar surface area (TPSA) is 105 Å². The molecule has 9 rings (SSSR count). The Balaban J connectivity index is 1.15. The van der Waals surface area contributed by atoms with Crippen LogP contribution in [0, 0.1) is 5.41 Å². The van der Waals surface area contributed by atoms with Crippen LogP contribution in [0.5, 0.6) is 0 Å². The molecule has 1 aliphatic rings. The molecule has 58 heavy (non-hydrogen) atoms. The normalized spacial score (nSPS) is 14.2. The number of aromatic amines is 1. The summed E-state index contributed by atoms with van der Waals surface area (Å²) in [6.07, 6.45) is 3.39. The monoisotopic (exact) mass is 760 g/mol. The molecule has 0 saturated carbocycles. The lowest BCUT2D eigenvalue weighted by molar-refractivity contribution is -0.120. The van der Waals surface area contributed by atoms with Crippen molar-refractivity contribution in [2.75, 3.05) is 5.01 Å². The van der Waals surface area contributed by atoms with E-state index in [0.29, 0.717) is 17.9 Å².